The summed E-state index contributed by atoms with van der Waals surface area (Å²) in [6, 6.07) is 8.70. The molecule has 2 heterocycles. The number of piperidine rings is 1. The monoisotopic (exact) mass is 367 g/mol. The van der Waals surface area contributed by atoms with Gasteiger partial charge >= 0.3 is 0 Å². The highest BCUT2D eigenvalue weighted by atomic mass is 79.9. The summed E-state index contributed by atoms with van der Waals surface area (Å²) in [5, 5.41) is 7.56. The van der Waals surface area contributed by atoms with Gasteiger partial charge in [-0.1, -0.05) is 17.3 Å². The molecule has 1 saturated heterocycles. The lowest BCUT2D eigenvalue weighted by molar-refractivity contribution is 0.294. The van der Waals surface area contributed by atoms with Crippen LogP contribution in [0, 0.1) is 0 Å². The summed E-state index contributed by atoms with van der Waals surface area (Å²) >= 11 is 5.27. The van der Waals surface area contributed by atoms with Crippen molar-refractivity contribution in [2.24, 2.45) is 0 Å². The molecule has 0 amide bonds. The molecule has 1 N–H and O–H groups in total. The molecule has 1 aromatic heterocycles. The van der Waals surface area contributed by atoms with E-state index in [1.165, 1.54) is 4.90 Å². The van der Waals surface area contributed by atoms with Gasteiger partial charge in [-0.05, 0) is 54.4 Å². The molecule has 0 saturated carbocycles. The van der Waals surface area contributed by atoms with E-state index in [0.717, 1.165) is 41.3 Å². The van der Waals surface area contributed by atoms with Crippen molar-refractivity contribution in [3.05, 3.63) is 40.5 Å². The largest absolute Gasteiger partial charge is 0.339 e. The highest BCUT2D eigenvalue weighted by molar-refractivity contribution is 9.10. The standard InChI is InChI=1S/C15H18BrN3OS/c1-10-8-11(6-7-17-10)15-18-14(19-20-15)9-21-13-5-3-2-4-12(13)16/h2-5,10-11,17H,6-9H2,1H3. The maximum Gasteiger partial charge on any atom is 0.229 e. The summed E-state index contributed by atoms with van der Waals surface area (Å²) in [7, 11) is 0. The molecule has 1 aromatic carbocycles. The van der Waals surface area contributed by atoms with Crippen LogP contribution in [0.5, 0.6) is 0 Å². The van der Waals surface area contributed by atoms with E-state index in [1.54, 1.807) is 11.8 Å². The van der Waals surface area contributed by atoms with Crippen molar-refractivity contribution in [2.45, 2.75) is 42.4 Å². The number of nitrogens with zero attached hydrogens (tertiary/aromatic N) is 2. The lowest BCUT2D eigenvalue weighted by Crippen LogP contribution is -2.34. The van der Waals surface area contributed by atoms with Gasteiger partial charge in [-0.3, -0.25) is 0 Å². The Morgan fingerprint density at radius 2 is 2.29 bits per heavy atom. The molecule has 0 bridgehead atoms. The van der Waals surface area contributed by atoms with Gasteiger partial charge in [0.2, 0.25) is 5.89 Å². The molecule has 1 aliphatic rings. The van der Waals surface area contributed by atoms with Crippen LogP contribution < -0.4 is 5.32 Å². The quantitative estimate of drug-likeness (QED) is 0.828. The van der Waals surface area contributed by atoms with Crippen molar-refractivity contribution in [1.29, 1.82) is 0 Å². The van der Waals surface area contributed by atoms with Crippen molar-refractivity contribution in [1.82, 2.24) is 15.5 Å². The fourth-order valence-corrected chi connectivity index (χ4v) is 3.96. The maximum absolute atomic E-state index is 5.46. The van der Waals surface area contributed by atoms with E-state index in [2.05, 4.69) is 44.4 Å². The number of hydrogen-bond donors (Lipinski definition) is 1. The Morgan fingerprint density at radius 1 is 1.43 bits per heavy atom. The van der Waals surface area contributed by atoms with Gasteiger partial charge in [0, 0.05) is 21.3 Å². The van der Waals surface area contributed by atoms with E-state index in [4.69, 9.17) is 4.52 Å². The van der Waals surface area contributed by atoms with Crippen molar-refractivity contribution in [3.8, 4) is 0 Å². The van der Waals surface area contributed by atoms with E-state index in [9.17, 15) is 0 Å². The SMILES string of the molecule is CC1CC(c2nc(CSc3ccccc3Br)no2)CCN1. The Labute approximate surface area is 137 Å². The number of benzene rings is 1. The Hall–Kier alpha value is -0.850. The number of aromatic nitrogens is 2. The van der Waals surface area contributed by atoms with Crippen LogP contribution in [-0.2, 0) is 5.75 Å². The third-order valence-electron chi connectivity index (χ3n) is 3.65. The normalized spacial score (nSPS) is 22.4. The number of halogens is 1. The molecule has 1 fully saturated rings. The first kappa shape index (κ1) is 15.1. The lowest BCUT2D eigenvalue weighted by Gasteiger charge is -2.25. The number of rotatable bonds is 4. The molecule has 1 aliphatic heterocycles. The minimum atomic E-state index is 0.399. The summed E-state index contributed by atoms with van der Waals surface area (Å²) in [6.07, 6.45) is 2.14. The summed E-state index contributed by atoms with van der Waals surface area (Å²) in [5.41, 5.74) is 0. The summed E-state index contributed by atoms with van der Waals surface area (Å²) < 4.78 is 6.56. The first-order valence-electron chi connectivity index (χ1n) is 7.15. The first-order valence-corrected chi connectivity index (χ1v) is 8.93. The van der Waals surface area contributed by atoms with E-state index in [0.29, 0.717) is 12.0 Å². The molecule has 4 nitrogen and oxygen atoms in total. The van der Waals surface area contributed by atoms with Crippen LogP contribution in [0.1, 0.15) is 37.4 Å². The van der Waals surface area contributed by atoms with Gasteiger partial charge in [0.15, 0.2) is 5.82 Å². The molecule has 0 radical (unpaired) electrons. The van der Waals surface area contributed by atoms with Crippen LogP contribution in [0.3, 0.4) is 0 Å². The van der Waals surface area contributed by atoms with E-state index in [-0.39, 0.29) is 0 Å². The molecule has 0 spiro atoms. The van der Waals surface area contributed by atoms with Crippen molar-refractivity contribution < 1.29 is 4.52 Å². The van der Waals surface area contributed by atoms with Gasteiger partial charge in [-0.2, -0.15) is 4.98 Å². The van der Waals surface area contributed by atoms with Crippen molar-refractivity contribution in [2.75, 3.05) is 6.54 Å². The lowest BCUT2D eigenvalue weighted by atomic mass is 9.93. The number of nitrogens with one attached hydrogen (secondary N) is 1. The van der Waals surface area contributed by atoms with Crippen LogP contribution >= 0.6 is 27.7 Å². The predicted octanol–water partition coefficient (Wildman–Crippen LogP) is 3.98. The fraction of sp³-hybridized carbons (Fsp3) is 0.467. The third-order valence-corrected chi connectivity index (χ3v) is 5.67. The summed E-state index contributed by atoms with van der Waals surface area (Å²) in [6.45, 7) is 3.22. The average Bonchev–Trinajstić information content (AvgIpc) is 2.95. The van der Waals surface area contributed by atoms with Gasteiger partial charge < -0.3 is 9.84 Å². The van der Waals surface area contributed by atoms with Crippen molar-refractivity contribution >= 4 is 27.7 Å². The predicted molar refractivity (Wildman–Crippen MR) is 87.4 cm³/mol. The Kier molecular flexibility index (Phi) is 4.98. The molecular weight excluding hydrogens is 350 g/mol. The highest BCUT2D eigenvalue weighted by Gasteiger charge is 2.24. The smallest absolute Gasteiger partial charge is 0.229 e. The molecular formula is C15H18BrN3OS. The Bertz CT molecular complexity index is 604. The minimum absolute atomic E-state index is 0.399. The van der Waals surface area contributed by atoms with E-state index >= 15 is 0 Å². The Morgan fingerprint density at radius 3 is 3.10 bits per heavy atom. The van der Waals surface area contributed by atoms with Crippen LogP contribution in [0.4, 0.5) is 0 Å². The molecule has 3 rings (SSSR count). The summed E-state index contributed by atoms with van der Waals surface area (Å²) in [5.74, 6) is 2.70. The number of hydrogen-bond acceptors (Lipinski definition) is 5. The van der Waals surface area contributed by atoms with Crippen molar-refractivity contribution in [3.63, 3.8) is 0 Å². The zero-order chi connectivity index (χ0) is 14.7. The van der Waals surface area contributed by atoms with Crippen LogP contribution in [0.15, 0.2) is 38.2 Å². The molecule has 21 heavy (non-hydrogen) atoms. The molecule has 2 aromatic rings. The minimum Gasteiger partial charge on any atom is -0.339 e. The molecule has 6 heteroatoms. The Balaban J connectivity index is 1.61. The van der Waals surface area contributed by atoms with E-state index in [1.807, 2.05) is 18.2 Å². The fourth-order valence-electron chi connectivity index (χ4n) is 2.55. The zero-order valence-electron chi connectivity index (χ0n) is 11.9. The first-order chi connectivity index (χ1) is 10.2. The number of thioether (sulfide) groups is 1. The molecule has 2 unspecified atom stereocenters. The zero-order valence-corrected chi connectivity index (χ0v) is 14.3. The molecule has 112 valence electrons. The highest BCUT2D eigenvalue weighted by Crippen LogP contribution is 2.30. The maximum atomic E-state index is 5.46. The molecule has 2 atom stereocenters. The van der Waals surface area contributed by atoms with Gasteiger partial charge in [0.25, 0.3) is 0 Å². The topological polar surface area (TPSA) is 51.0 Å². The van der Waals surface area contributed by atoms with Gasteiger partial charge in [0.05, 0.1) is 5.75 Å². The molecule has 0 aliphatic carbocycles. The third kappa shape index (κ3) is 3.87. The second-order valence-corrected chi connectivity index (χ2v) is 7.22. The van der Waals surface area contributed by atoms with Crippen LogP contribution in [0.25, 0.3) is 0 Å². The van der Waals surface area contributed by atoms with E-state index < -0.39 is 0 Å². The van der Waals surface area contributed by atoms with Gasteiger partial charge in [0.1, 0.15) is 0 Å². The summed E-state index contributed by atoms with van der Waals surface area (Å²) in [4.78, 5) is 5.77. The van der Waals surface area contributed by atoms with Crippen LogP contribution in [-0.4, -0.2) is 22.7 Å². The van der Waals surface area contributed by atoms with Gasteiger partial charge in [-0.15, -0.1) is 11.8 Å². The van der Waals surface area contributed by atoms with Crippen LogP contribution in [0.2, 0.25) is 0 Å². The average molecular weight is 368 g/mol. The van der Waals surface area contributed by atoms with Gasteiger partial charge in [-0.25, -0.2) is 0 Å². The second kappa shape index (κ2) is 6.94. The second-order valence-electron chi connectivity index (χ2n) is 5.34.